The number of anilines is 2. The summed E-state index contributed by atoms with van der Waals surface area (Å²) in [5, 5.41) is 6.81. The predicted octanol–water partition coefficient (Wildman–Crippen LogP) is 4.19. The van der Waals surface area contributed by atoms with Gasteiger partial charge in [-0.05, 0) is 37.4 Å². The van der Waals surface area contributed by atoms with Gasteiger partial charge in [-0.2, -0.15) is 0 Å². The molecular formula is C13H20ClN2OP. The number of hydrogen-bond donors (Lipinski definition) is 2. The second kappa shape index (κ2) is 7.60. The molecule has 0 aliphatic rings. The van der Waals surface area contributed by atoms with Crippen LogP contribution < -0.4 is 10.6 Å². The van der Waals surface area contributed by atoms with E-state index in [2.05, 4.69) is 31.1 Å². The van der Waals surface area contributed by atoms with Crippen LogP contribution in [0, 0.1) is 0 Å². The molecule has 18 heavy (non-hydrogen) atoms. The summed E-state index contributed by atoms with van der Waals surface area (Å²) in [4.78, 5) is 10.4. The lowest BCUT2D eigenvalue weighted by molar-refractivity contribution is -0.105. The van der Waals surface area contributed by atoms with Gasteiger partial charge in [-0.3, -0.25) is 4.79 Å². The van der Waals surface area contributed by atoms with Gasteiger partial charge in [-0.15, -0.1) is 0 Å². The molecule has 2 unspecified atom stereocenters. The van der Waals surface area contributed by atoms with Crippen LogP contribution in [0.3, 0.4) is 0 Å². The van der Waals surface area contributed by atoms with Gasteiger partial charge >= 0.3 is 0 Å². The van der Waals surface area contributed by atoms with Crippen molar-refractivity contribution >= 4 is 37.3 Å². The summed E-state index contributed by atoms with van der Waals surface area (Å²) >= 11 is 6.17. The summed E-state index contributed by atoms with van der Waals surface area (Å²) in [5.41, 5.74) is 1.64. The molecule has 2 atom stereocenters. The zero-order valence-corrected chi connectivity index (χ0v) is 12.7. The maximum absolute atomic E-state index is 10.4. The van der Waals surface area contributed by atoms with E-state index in [1.165, 1.54) is 6.16 Å². The largest absolute Gasteiger partial charge is 0.377 e. The minimum Gasteiger partial charge on any atom is -0.377 e. The molecule has 5 heteroatoms. The molecule has 0 aliphatic heterocycles. The zero-order chi connectivity index (χ0) is 13.5. The number of hydrogen-bond acceptors (Lipinski definition) is 2. The molecule has 0 fully saturated rings. The van der Waals surface area contributed by atoms with Crippen LogP contribution in [0.4, 0.5) is 11.4 Å². The third-order valence-corrected chi connectivity index (χ3v) is 5.82. The van der Waals surface area contributed by atoms with Crippen LogP contribution in [0.25, 0.3) is 0 Å². The number of benzene rings is 1. The van der Waals surface area contributed by atoms with E-state index in [9.17, 15) is 4.79 Å². The molecule has 1 aromatic carbocycles. The standard InChI is InChI=1S/C13H20ClN2OP/c1-4-13(18(3)5-2)16-12-8-10(15-9-17)6-7-11(12)14/h6-9,13,16H,4-5H2,1-3H3,(H,15,17). The topological polar surface area (TPSA) is 41.1 Å². The molecule has 0 bridgehead atoms. The fraction of sp³-hybridized carbons (Fsp3) is 0.462. The van der Waals surface area contributed by atoms with Crippen molar-refractivity contribution < 1.29 is 4.79 Å². The van der Waals surface area contributed by atoms with Crippen LogP contribution in [0.2, 0.25) is 5.02 Å². The van der Waals surface area contributed by atoms with E-state index in [4.69, 9.17) is 11.6 Å². The summed E-state index contributed by atoms with van der Waals surface area (Å²) in [7, 11) is -0.0552. The summed E-state index contributed by atoms with van der Waals surface area (Å²) in [6.07, 6.45) is 2.92. The van der Waals surface area contributed by atoms with Gasteiger partial charge in [0.2, 0.25) is 6.41 Å². The van der Waals surface area contributed by atoms with Crippen molar-refractivity contribution in [3.05, 3.63) is 23.2 Å². The predicted molar refractivity (Wildman–Crippen MR) is 82.2 cm³/mol. The molecule has 0 radical (unpaired) electrons. The third-order valence-electron chi connectivity index (χ3n) is 2.93. The van der Waals surface area contributed by atoms with Crippen LogP contribution in [-0.2, 0) is 4.79 Å². The van der Waals surface area contributed by atoms with Crippen molar-refractivity contribution in [2.45, 2.75) is 26.1 Å². The van der Waals surface area contributed by atoms with Gasteiger partial charge in [0.25, 0.3) is 0 Å². The Hall–Kier alpha value is -0.790. The Morgan fingerprint density at radius 1 is 1.44 bits per heavy atom. The Morgan fingerprint density at radius 3 is 2.72 bits per heavy atom. The van der Waals surface area contributed by atoms with Gasteiger partial charge < -0.3 is 10.6 Å². The molecule has 0 aliphatic carbocycles. The van der Waals surface area contributed by atoms with E-state index >= 15 is 0 Å². The van der Waals surface area contributed by atoms with E-state index in [1.807, 2.05) is 6.07 Å². The van der Waals surface area contributed by atoms with Gasteiger partial charge in [-0.1, -0.05) is 33.4 Å². The second-order valence-corrected chi connectivity index (χ2v) is 7.28. The average molecular weight is 287 g/mol. The number of rotatable bonds is 7. The monoisotopic (exact) mass is 286 g/mol. The number of amides is 1. The fourth-order valence-corrected chi connectivity index (χ4v) is 3.31. The highest BCUT2D eigenvalue weighted by atomic mass is 35.5. The highest BCUT2D eigenvalue weighted by Crippen LogP contribution is 2.40. The molecule has 0 heterocycles. The minimum atomic E-state index is -0.0552. The van der Waals surface area contributed by atoms with E-state index in [0.29, 0.717) is 17.2 Å². The first-order valence-electron chi connectivity index (χ1n) is 6.08. The Labute approximate surface area is 115 Å². The summed E-state index contributed by atoms with van der Waals surface area (Å²) in [5.74, 6) is 0.453. The highest BCUT2D eigenvalue weighted by molar-refractivity contribution is 7.57. The number of nitrogens with one attached hydrogen (secondary N) is 2. The molecule has 3 nitrogen and oxygen atoms in total. The zero-order valence-electron chi connectivity index (χ0n) is 11.0. The van der Waals surface area contributed by atoms with E-state index < -0.39 is 0 Å². The summed E-state index contributed by atoms with van der Waals surface area (Å²) in [6, 6.07) is 5.46. The van der Waals surface area contributed by atoms with Crippen LogP contribution >= 0.6 is 19.5 Å². The normalized spacial score (nSPS) is 13.8. The molecule has 100 valence electrons. The highest BCUT2D eigenvalue weighted by Gasteiger charge is 2.14. The Bertz CT molecular complexity index is 401. The Balaban J connectivity index is 2.87. The molecule has 1 amide bonds. The van der Waals surface area contributed by atoms with Crippen LogP contribution in [0.15, 0.2) is 18.2 Å². The van der Waals surface area contributed by atoms with Crippen molar-refractivity contribution in [3.63, 3.8) is 0 Å². The maximum atomic E-state index is 10.4. The van der Waals surface area contributed by atoms with Crippen LogP contribution in [-0.4, -0.2) is 25.0 Å². The second-order valence-electron chi connectivity index (χ2n) is 4.10. The molecule has 2 N–H and O–H groups in total. The smallest absolute Gasteiger partial charge is 0.211 e. The van der Waals surface area contributed by atoms with Crippen molar-refractivity contribution in [1.82, 2.24) is 0 Å². The quantitative estimate of drug-likeness (QED) is 0.583. The van der Waals surface area contributed by atoms with E-state index in [1.54, 1.807) is 12.1 Å². The van der Waals surface area contributed by atoms with Crippen LogP contribution in [0.1, 0.15) is 20.3 Å². The van der Waals surface area contributed by atoms with Gasteiger partial charge in [0.15, 0.2) is 0 Å². The molecule has 1 aromatic rings. The van der Waals surface area contributed by atoms with Gasteiger partial charge in [0.05, 0.1) is 10.7 Å². The molecule has 0 saturated heterocycles. The Morgan fingerprint density at radius 2 is 2.17 bits per heavy atom. The average Bonchev–Trinajstić information content (AvgIpc) is 2.38. The molecule has 0 spiro atoms. The van der Waals surface area contributed by atoms with Crippen molar-refractivity contribution in [2.75, 3.05) is 23.5 Å². The lowest BCUT2D eigenvalue weighted by Gasteiger charge is -2.25. The van der Waals surface area contributed by atoms with Gasteiger partial charge in [-0.25, -0.2) is 0 Å². The Kier molecular flexibility index (Phi) is 6.45. The van der Waals surface area contributed by atoms with E-state index in [-0.39, 0.29) is 7.92 Å². The van der Waals surface area contributed by atoms with Gasteiger partial charge in [0.1, 0.15) is 0 Å². The third kappa shape index (κ3) is 4.15. The maximum Gasteiger partial charge on any atom is 0.211 e. The number of carbonyl (C=O) groups excluding carboxylic acids is 1. The van der Waals surface area contributed by atoms with E-state index in [0.717, 1.165) is 17.8 Å². The van der Waals surface area contributed by atoms with Crippen molar-refractivity contribution in [3.8, 4) is 0 Å². The van der Waals surface area contributed by atoms with Crippen LogP contribution in [0.5, 0.6) is 0 Å². The fourth-order valence-electron chi connectivity index (χ4n) is 1.72. The van der Waals surface area contributed by atoms with Gasteiger partial charge in [0, 0.05) is 11.5 Å². The molecule has 0 aromatic heterocycles. The SMILES string of the molecule is CCC(Nc1cc(NC=O)ccc1Cl)P(C)CC. The molecule has 0 saturated carbocycles. The summed E-state index contributed by atoms with van der Waals surface area (Å²) in [6.45, 7) is 6.67. The molecular weight excluding hydrogens is 267 g/mol. The van der Waals surface area contributed by atoms with Crippen molar-refractivity contribution in [2.24, 2.45) is 0 Å². The minimum absolute atomic E-state index is 0.0552. The first-order valence-corrected chi connectivity index (χ1v) is 8.51. The lowest BCUT2D eigenvalue weighted by atomic mass is 10.2. The summed E-state index contributed by atoms with van der Waals surface area (Å²) < 4.78 is 0. The first kappa shape index (κ1) is 15.3. The lowest BCUT2D eigenvalue weighted by Crippen LogP contribution is -2.17. The number of halogens is 1. The number of carbonyl (C=O) groups is 1. The van der Waals surface area contributed by atoms with Crippen molar-refractivity contribution in [1.29, 1.82) is 0 Å². The first-order chi connectivity index (χ1) is 8.62. The molecule has 1 rings (SSSR count).